The van der Waals surface area contributed by atoms with Gasteiger partial charge in [-0.1, -0.05) is 37.6 Å². The molecule has 0 amide bonds. The second-order valence-electron chi connectivity index (χ2n) is 5.05. The molecule has 0 atom stereocenters. The number of nitriles is 1. The molecule has 0 heterocycles. The monoisotopic (exact) mass is 285 g/mol. The highest BCUT2D eigenvalue weighted by atomic mass is 35.5. The first-order valence-electron chi connectivity index (χ1n) is 6.49. The molecule has 0 bridgehead atoms. The Labute approximate surface area is 124 Å². The van der Waals surface area contributed by atoms with E-state index in [1.165, 1.54) is 0 Å². The van der Waals surface area contributed by atoms with Gasteiger partial charge in [-0.05, 0) is 42.2 Å². The molecule has 0 saturated heterocycles. The summed E-state index contributed by atoms with van der Waals surface area (Å²) >= 11 is 5.98. The molecule has 2 nitrogen and oxygen atoms in total. The summed E-state index contributed by atoms with van der Waals surface area (Å²) in [7, 11) is 0. The van der Waals surface area contributed by atoms with Crippen molar-refractivity contribution in [3.63, 3.8) is 0 Å². The Balaban J connectivity index is 2.47. The van der Waals surface area contributed by atoms with Crippen LogP contribution in [-0.2, 0) is 0 Å². The van der Waals surface area contributed by atoms with Crippen LogP contribution < -0.4 is 4.74 Å². The van der Waals surface area contributed by atoms with Crippen molar-refractivity contribution in [1.29, 1.82) is 5.26 Å². The van der Waals surface area contributed by atoms with Gasteiger partial charge in [0.05, 0.1) is 5.56 Å². The van der Waals surface area contributed by atoms with Gasteiger partial charge in [-0.25, -0.2) is 0 Å². The molecule has 0 aliphatic carbocycles. The fourth-order valence-corrected chi connectivity index (χ4v) is 2.16. The number of nitrogens with zero attached hydrogens (tertiary/aromatic N) is 1. The summed E-state index contributed by atoms with van der Waals surface area (Å²) in [5, 5.41) is 9.70. The lowest BCUT2D eigenvalue weighted by atomic mass is 10.0. The van der Waals surface area contributed by atoms with E-state index in [1.54, 1.807) is 18.2 Å². The molecule has 2 aromatic carbocycles. The first-order valence-corrected chi connectivity index (χ1v) is 6.87. The number of rotatable bonds is 3. The lowest BCUT2D eigenvalue weighted by Crippen LogP contribution is -1.96. The van der Waals surface area contributed by atoms with E-state index >= 15 is 0 Å². The molecular formula is C17H16ClNO. The van der Waals surface area contributed by atoms with Crippen molar-refractivity contribution < 1.29 is 4.74 Å². The Morgan fingerprint density at radius 2 is 1.85 bits per heavy atom. The molecule has 20 heavy (non-hydrogen) atoms. The van der Waals surface area contributed by atoms with Gasteiger partial charge in [0, 0.05) is 11.1 Å². The molecule has 0 unspecified atom stereocenters. The van der Waals surface area contributed by atoms with E-state index in [0.29, 0.717) is 22.3 Å². The van der Waals surface area contributed by atoms with Crippen LogP contribution in [0.25, 0.3) is 0 Å². The molecule has 0 N–H and O–H groups in total. The van der Waals surface area contributed by atoms with Crippen molar-refractivity contribution in [2.75, 3.05) is 0 Å². The van der Waals surface area contributed by atoms with Crippen LogP contribution in [0, 0.1) is 18.3 Å². The van der Waals surface area contributed by atoms with Gasteiger partial charge in [0.25, 0.3) is 0 Å². The predicted molar refractivity (Wildman–Crippen MR) is 81.5 cm³/mol. The van der Waals surface area contributed by atoms with Crippen molar-refractivity contribution >= 4 is 11.6 Å². The van der Waals surface area contributed by atoms with Gasteiger partial charge < -0.3 is 4.74 Å². The van der Waals surface area contributed by atoms with E-state index in [2.05, 4.69) is 32.0 Å². The fraction of sp³-hybridized carbons (Fsp3) is 0.235. The van der Waals surface area contributed by atoms with Crippen LogP contribution in [0.3, 0.4) is 0 Å². The molecule has 0 fully saturated rings. The zero-order chi connectivity index (χ0) is 14.7. The minimum absolute atomic E-state index is 0.343. The Morgan fingerprint density at radius 3 is 2.50 bits per heavy atom. The summed E-state index contributed by atoms with van der Waals surface area (Å²) in [4.78, 5) is 0. The molecule has 2 rings (SSSR count). The number of hydrogen-bond donors (Lipinski definition) is 0. The first-order chi connectivity index (χ1) is 9.51. The van der Waals surface area contributed by atoms with Crippen LogP contribution in [0.5, 0.6) is 11.5 Å². The lowest BCUT2D eigenvalue weighted by Gasteiger charge is -2.15. The number of halogens is 1. The molecule has 102 valence electrons. The largest absolute Gasteiger partial charge is 0.456 e. The predicted octanol–water partition coefficient (Wildman–Crippen LogP) is 5.44. The summed E-state index contributed by atoms with van der Waals surface area (Å²) in [5.41, 5.74) is 2.70. The zero-order valence-corrected chi connectivity index (χ0v) is 12.5. The van der Waals surface area contributed by atoms with Gasteiger partial charge in [-0.3, -0.25) is 0 Å². The first kappa shape index (κ1) is 14.4. The van der Waals surface area contributed by atoms with Gasteiger partial charge in [0.15, 0.2) is 0 Å². The average Bonchev–Trinajstić information content (AvgIpc) is 2.38. The Bertz CT molecular complexity index is 671. The maximum atomic E-state index is 9.15. The van der Waals surface area contributed by atoms with Crippen molar-refractivity contribution in [3.05, 3.63) is 58.1 Å². The molecule has 0 aromatic heterocycles. The van der Waals surface area contributed by atoms with Gasteiger partial charge in [0.2, 0.25) is 0 Å². The maximum absolute atomic E-state index is 9.15. The highest BCUT2D eigenvalue weighted by Gasteiger charge is 2.12. The minimum atomic E-state index is 0.343. The Kier molecular flexibility index (Phi) is 4.32. The van der Waals surface area contributed by atoms with Crippen LogP contribution in [-0.4, -0.2) is 0 Å². The summed E-state index contributed by atoms with van der Waals surface area (Å²) in [6, 6.07) is 13.3. The van der Waals surface area contributed by atoms with Crippen molar-refractivity contribution in [1.82, 2.24) is 0 Å². The van der Waals surface area contributed by atoms with Crippen molar-refractivity contribution in [2.24, 2.45) is 0 Å². The topological polar surface area (TPSA) is 33.0 Å². The quantitative estimate of drug-likeness (QED) is 0.752. The number of benzene rings is 2. The summed E-state index contributed by atoms with van der Waals surface area (Å²) in [6.07, 6.45) is 0. The van der Waals surface area contributed by atoms with Crippen LogP contribution in [0.1, 0.15) is 36.5 Å². The van der Waals surface area contributed by atoms with Crippen molar-refractivity contribution in [3.8, 4) is 17.6 Å². The van der Waals surface area contributed by atoms with E-state index in [4.69, 9.17) is 21.6 Å². The van der Waals surface area contributed by atoms with Crippen LogP contribution in [0.2, 0.25) is 5.02 Å². The van der Waals surface area contributed by atoms with Crippen molar-refractivity contribution in [2.45, 2.75) is 26.7 Å². The van der Waals surface area contributed by atoms with E-state index in [-0.39, 0.29) is 0 Å². The third-order valence-corrected chi connectivity index (χ3v) is 3.31. The molecule has 0 aliphatic heterocycles. The molecule has 0 saturated carbocycles. The lowest BCUT2D eigenvalue weighted by molar-refractivity contribution is 0.471. The summed E-state index contributed by atoms with van der Waals surface area (Å²) in [6.45, 7) is 6.24. The molecule has 2 aromatic rings. The van der Waals surface area contributed by atoms with Gasteiger partial charge >= 0.3 is 0 Å². The summed E-state index contributed by atoms with van der Waals surface area (Å²) in [5.74, 6) is 1.61. The van der Waals surface area contributed by atoms with E-state index in [9.17, 15) is 0 Å². The molecular weight excluding hydrogens is 270 g/mol. The molecule has 0 radical (unpaired) electrons. The number of ether oxygens (including phenoxy) is 1. The van der Waals surface area contributed by atoms with Crippen LogP contribution in [0.15, 0.2) is 36.4 Å². The smallest absolute Gasteiger partial charge is 0.146 e. The standard InChI is InChI=1S/C17H16ClNO/c1-11(2)15-7-4-12(3)8-17(15)20-16-9-14(18)6-5-13(16)10-19/h4-9,11H,1-3H3. The van der Waals surface area contributed by atoms with Crippen LogP contribution >= 0.6 is 11.6 Å². The second-order valence-corrected chi connectivity index (χ2v) is 5.49. The van der Waals surface area contributed by atoms with E-state index in [1.807, 2.05) is 13.0 Å². The Morgan fingerprint density at radius 1 is 1.10 bits per heavy atom. The third kappa shape index (κ3) is 3.12. The highest BCUT2D eigenvalue weighted by Crippen LogP contribution is 2.34. The second kappa shape index (κ2) is 5.98. The Hall–Kier alpha value is -1.98. The van der Waals surface area contributed by atoms with Gasteiger partial charge in [-0.15, -0.1) is 0 Å². The number of aryl methyl sites for hydroxylation is 1. The SMILES string of the molecule is Cc1ccc(C(C)C)c(Oc2cc(Cl)ccc2C#N)c1. The van der Waals surface area contributed by atoms with Gasteiger partial charge in [-0.2, -0.15) is 5.26 Å². The molecule has 0 aliphatic rings. The zero-order valence-electron chi connectivity index (χ0n) is 11.8. The minimum Gasteiger partial charge on any atom is -0.456 e. The molecule has 0 spiro atoms. The normalized spacial score (nSPS) is 10.4. The maximum Gasteiger partial charge on any atom is 0.146 e. The van der Waals surface area contributed by atoms with E-state index < -0.39 is 0 Å². The summed E-state index contributed by atoms with van der Waals surface area (Å²) < 4.78 is 5.95. The third-order valence-electron chi connectivity index (χ3n) is 3.08. The number of hydrogen-bond acceptors (Lipinski definition) is 2. The molecule has 3 heteroatoms. The average molecular weight is 286 g/mol. The van der Waals surface area contributed by atoms with Crippen LogP contribution in [0.4, 0.5) is 0 Å². The van der Waals surface area contributed by atoms with E-state index in [0.717, 1.165) is 16.9 Å². The van der Waals surface area contributed by atoms with Gasteiger partial charge in [0.1, 0.15) is 17.6 Å². The fourth-order valence-electron chi connectivity index (χ4n) is 2.00. The highest BCUT2D eigenvalue weighted by molar-refractivity contribution is 6.30.